The number of esters is 1. The lowest BCUT2D eigenvalue weighted by molar-refractivity contribution is -0.160. The van der Waals surface area contributed by atoms with Crippen molar-refractivity contribution in [3.8, 4) is 0 Å². The molecule has 1 unspecified atom stereocenters. The fourth-order valence-electron chi connectivity index (χ4n) is 3.84. The predicted octanol–water partition coefficient (Wildman–Crippen LogP) is 3.45. The van der Waals surface area contributed by atoms with Crippen molar-refractivity contribution < 1.29 is 18.7 Å². The number of nitrogens with zero attached hydrogens (tertiary/aromatic N) is 3. The van der Waals surface area contributed by atoms with Crippen LogP contribution in [-0.2, 0) is 27.2 Å². The fraction of sp³-hybridized carbons (Fsp3) is 0.545. The van der Waals surface area contributed by atoms with Crippen LogP contribution in [0.2, 0.25) is 0 Å². The second-order valence-corrected chi connectivity index (χ2v) is 8.55. The standard InChI is InChI=1S/C22H29N3O4S/c1-4-18-23-24-21(29-18)30-14-19(26)25-12-8-11-22(15-25,20(27)28-5-2)13-17-10-7-6-9-16(17)3/h6-7,9-10H,4-5,8,11-15H2,1-3H3. The summed E-state index contributed by atoms with van der Waals surface area (Å²) in [6, 6.07) is 8.07. The second kappa shape index (κ2) is 10.1. The maximum atomic E-state index is 13.0. The fourth-order valence-corrected chi connectivity index (χ4v) is 4.52. The lowest BCUT2D eigenvalue weighted by Gasteiger charge is -2.41. The van der Waals surface area contributed by atoms with Crippen LogP contribution in [0, 0.1) is 12.3 Å². The normalized spacial score (nSPS) is 19.0. The third kappa shape index (κ3) is 5.22. The number of benzene rings is 1. The van der Waals surface area contributed by atoms with Gasteiger partial charge in [-0.25, -0.2) is 0 Å². The van der Waals surface area contributed by atoms with E-state index in [-0.39, 0.29) is 17.6 Å². The number of aromatic nitrogens is 2. The quantitative estimate of drug-likeness (QED) is 0.467. The Kier molecular flexibility index (Phi) is 7.53. The Morgan fingerprint density at radius 1 is 1.27 bits per heavy atom. The summed E-state index contributed by atoms with van der Waals surface area (Å²) in [5.74, 6) is 0.508. The van der Waals surface area contributed by atoms with Gasteiger partial charge in [-0.2, -0.15) is 0 Å². The summed E-state index contributed by atoms with van der Waals surface area (Å²) in [5.41, 5.74) is 1.54. The van der Waals surface area contributed by atoms with E-state index >= 15 is 0 Å². The van der Waals surface area contributed by atoms with Crippen molar-refractivity contribution in [3.05, 3.63) is 41.3 Å². The number of carbonyl (C=O) groups is 2. The van der Waals surface area contributed by atoms with Gasteiger partial charge in [0.2, 0.25) is 11.8 Å². The molecule has 162 valence electrons. The van der Waals surface area contributed by atoms with Crippen LogP contribution in [0.15, 0.2) is 33.9 Å². The second-order valence-electron chi connectivity index (χ2n) is 7.63. The summed E-state index contributed by atoms with van der Waals surface area (Å²) < 4.78 is 10.9. The molecular weight excluding hydrogens is 402 g/mol. The molecule has 1 fully saturated rings. The van der Waals surface area contributed by atoms with E-state index in [1.54, 1.807) is 4.90 Å². The first kappa shape index (κ1) is 22.3. The third-order valence-corrected chi connectivity index (χ3v) is 6.30. The van der Waals surface area contributed by atoms with Gasteiger partial charge in [-0.15, -0.1) is 10.2 Å². The van der Waals surface area contributed by atoms with Crippen molar-refractivity contribution in [1.29, 1.82) is 0 Å². The number of thioether (sulfide) groups is 1. The molecule has 0 bridgehead atoms. The number of amides is 1. The van der Waals surface area contributed by atoms with Crippen LogP contribution in [0.1, 0.15) is 43.7 Å². The van der Waals surface area contributed by atoms with Crippen LogP contribution in [0.4, 0.5) is 0 Å². The Morgan fingerprint density at radius 2 is 2.07 bits per heavy atom. The zero-order chi connectivity index (χ0) is 21.6. The summed E-state index contributed by atoms with van der Waals surface area (Å²) >= 11 is 1.24. The molecule has 1 aromatic heterocycles. The van der Waals surface area contributed by atoms with Crippen molar-refractivity contribution in [1.82, 2.24) is 15.1 Å². The van der Waals surface area contributed by atoms with E-state index in [0.717, 1.165) is 17.5 Å². The van der Waals surface area contributed by atoms with E-state index in [1.807, 2.05) is 45.0 Å². The molecule has 0 saturated carbocycles. The van der Waals surface area contributed by atoms with E-state index in [0.29, 0.717) is 50.1 Å². The zero-order valence-electron chi connectivity index (χ0n) is 17.8. The van der Waals surface area contributed by atoms with Crippen LogP contribution in [0.5, 0.6) is 0 Å². The van der Waals surface area contributed by atoms with Crippen molar-refractivity contribution in [2.45, 2.75) is 51.7 Å². The van der Waals surface area contributed by atoms with Gasteiger partial charge >= 0.3 is 5.97 Å². The lowest BCUT2D eigenvalue weighted by Crippen LogP contribution is -2.52. The molecular formula is C22H29N3O4S. The Bertz CT molecular complexity index is 885. The molecule has 1 saturated heterocycles. The number of hydrogen-bond acceptors (Lipinski definition) is 7. The molecule has 0 N–H and O–H groups in total. The molecule has 1 amide bonds. The van der Waals surface area contributed by atoms with Gasteiger partial charge in [-0.1, -0.05) is 43.0 Å². The van der Waals surface area contributed by atoms with E-state index in [4.69, 9.17) is 9.15 Å². The average Bonchev–Trinajstić information content (AvgIpc) is 3.22. The van der Waals surface area contributed by atoms with Gasteiger partial charge in [-0.05, 0) is 44.2 Å². The molecule has 2 aromatic rings. The maximum absolute atomic E-state index is 13.0. The molecule has 1 aliphatic rings. The molecule has 0 spiro atoms. The number of carbonyl (C=O) groups excluding carboxylic acids is 2. The minimum absolute atomic E-state index is 0.0330. The Labute approximate surface area is 181 Å². The predicted molar refractivity (Wildman–Crippen MR) is 114 cm³/mol. The van der Waals surface area contributed by atoms with Gasteiger partial charge in [0.05, 0.1) is 17.8 Å². The number of piperidine rings is 1. The monoisotopic (exact) mass is 431 g/mol. The molecule has 1 atom stereocenters. The van der Waals surface area contributed by atoms with Gasteiger partial charge in [-0.3, -0.25) is 9.59 Å². The smallest absolute Gasteiger partial charge is 0.314 e. The molecule has 3 rings (SSSR count). The SMILES string of the molecule is CCOC(=O)C1(Cc2ccccc2C)CCCN(C(=O)CSc2nnc(CC)o2)C1. The number of ether oxygens (including phenoxy) is 1. The highest BCUT2D eigenvalue weighted by Crippen LogP contribution is 2.36. The van der Waals surface area contributed by atoms with Crippen molar-refractivity contribution >= 4 is 23.6 Å². The molecule has 0 radical (unpaired) electrons. The first-order chi connectivity index (χ1) is 14.5. The number of hydrogen-bond donors (Lipinski definition) is 0. The summed E-state index contributed by atoms with van der Waals surface area (Å²) in [6.45, 7) is 7.13. The van der Waals surface area contributed by atoms with Crippen molar-refractivity contribution in [2.24, 2.45) is 5.41 Å². The maximum Gasteiger partial charge on any atom is 0.314 e. The lowest BCUT2D eigenvalue weighted by atomic mass is 9.74. The Balaban J connectivity index is 1.73. The number of likely N-dealkylation sites (tertiary alicyclic amines) is 1. The molecule has 0 aliphatic carbocycles. The van der Waals surface area contributed by atoms with Gasteiger partial charge in [0.1, 0.15) is 0 Å². The molecule has 8 heteroatoms. The zero-order valence-corrected chi connectivity index (χ0v) is 18.7. The summed E-state index contributed by atoms with van der Waals surface area (Å²) in [4.78, 5) is 27.7. The number of rotatable bonds is 8. The van der Waals surface area contributed by atoms with Gasteiger partial charge in [0, 0.05) is 19.5 Å². The molecule has 1 aromatic carbocycles. The number of aryl methyl sites for hydroxylation is 2. The van der Waals surface area contributed by atoms with Gasteiger partial charge < -0.3 is 14.1 Å². The molecule has 30 heavy (non-hydrogen) atoms. The Hall–Kier alpha value is -2.35. The topological polar surface area (TPSA) is 85.5 Å². The average molecular weight is 432 g/mol. The summed E-state index contributed by atoms with van der Waals surface area (Å²) in [6.07, 6.45) is 2.70. The van der Waals surface area contributed by atoms with Crippen LogP contribution >= 0.6 is 11.8 Å². The van der Waals surface area contributed by atoms with E-state index in [9.17, 15) is 9.59 Å². The first-order valence-corrected chi connectivity index (χ1v) is 11.4. The van der Waals surface area contributed by atoms with E-state index in [2.05, 4.69) is 10.2 Å². The minimum atomic E-state index is -0.722. The highest BCUT2D eigenvalue weighted by Gasteiger charge is 2.45. The first-order valence-electron chi connectivity index (χ1n) is 10.4. The largest absolute Gasteiger partial charge is 0.466 e. The van der Waals surface area contributed by atoms with Crippen molar-refractivity contribution in [3.63, 3.8) is 0 Å². The van der Waals surface area contributed by atoms with Crippen LogP contribution in [0.3, 0.4) is 0 Å². The van der Waals surface area contributed by atoms with Crippen LogP contribution in [0.25, 0.3) is 0 Å². The van der Waals surface area contributed by atoms with Crippen molar-refractivity contribution in [2.75, 3.05) is 25.4 Å². The Morgan fingerprint density at radius 3 is 2.77 bits per heavy atom. The molecule has 2 heterocycles. The van der Waals surface area contributed by atoms with Crippen LogP contribution in [-0.4, -0.2) is 52.4 Å². The van der Waals surface area contributed by atoms with Gasteiger partial charge in [0.25, 0.3) is 5.22 Å². The highest BCUT2D eigenvalue weighted by atomic mass is 32.2. The summed E-state index contributed by atoms with van der Waals surface area (Å²) in [5, 5.41) is 8.27. The highest BCUT2D eigenvalue weighted by molar-refractivity contribution is 7.99. The van der Waals surface area contributed by atoms with E-state index in [1.165, 1.54) is 11.8 Å². The van der Waals surface area contributed by atoms with Crippen LogP contribution < -0.4 is 0 Å². The molecule has 7 nitrogen and oxygen atoms in total. The van der Waals surface area contributed by atoms with E-state index < -0.39 is 5.41 Å². The van der Waals surface area contributed by atoms with Gasteiger partial charge in [0.15, 0.2) is 0 Å². The summed E-state index contributed by atoms with van der Waals surface area (Å²) in [7, 11) is 0. The minimum Gasteiger partial charge on any atom is -0.466 e. The molecule has 1 aliphatic heterocycles. The third-order valence-electron chi connectivity index (χ3n) is 5.50.